The lowest BCUT2D eigenvalue weighted by Gasteiger charge is -2.06. The first kappa shape index (κ1) is 18.9. The van der Waals surface area contributed by atoms with Gasteiger partial charge in [0.05, 0.1) is 13.2 Å². The van der Waals surface area contributed by atoms with E-state index in [0.29, 0.717) is 18.2 Å². The van der Waals surface area contributed by atoms with Crippen molar-refractivity contribution in [2.75, 3.05) is 19.0 Å². The Kier molecular flexibility index (Phi) is 6.05. The highest BCUT2D eigenvalue weighted by Gasteiger charge is 2.12. The molecule has 3 aromatic rings. The van der Waals surface area contributed by atoms with Crippen LogP contribution in [0.15, 0.2) is 47.4 Å². The summed E-state index contributed by atoms with van der Waals surface area (Å²) in [4.78, 5) is 29.2. The van der Waals surface area contributed by atoms with Gasteiger partial charge in [0.15, 0.2) is 5.13 Å². The number of ether oxygens (including phenoxy) is 1. The van der Waals surface area contributed by atoms with Crippen LogP contribution in [-0.2, 0) is 17.7 Å². The maximum Gasteiger partial charge on any atom is 0.277 e. The normalized spacial score (nSPS) is 10.7. The topological polar surface area (TPSA) is 86.1 Å². The highest BCUT2D eigenvalue weighted by Crippen LogP contribution is 2.21. The number of halogens is 1. The highest BCUT2D eigenvalue weighted by atomic mass is 32.1. The molecule has 9 heteroatoms. The van der Waals surface area contributed by atoms with Crippen molar-refractivity contribution in [3.63, 3.8) is 0 Å². The molecule has 0 aliphatic heterocycles. The lowest BCUT2D eigenvalue weighted by atomic mass is 10.1. The van der Waals surface area contributed by atoms with Crippen LogP contribution in [0.5, 0.6) is 0 Å². The van der Waals surface area contributed by atoms with Crippen LogP contribution in [0.2, 0.25) is 0 Å². The molecule has 0 spiro atoms. The summed E-state index contributed by atoms with van der Waals surface area (Å²) in [5.41, 5.74) is 0.755. The van der Waals surface area contributed by atoms with Crippen molar-refractivity contribution in [3.8, 4) is 0 Å². The van der Waals surface area contributed by atoms with Gasteiger partial charge in [-0.25, -0.2) is 14.1 Å². The quantitative estimate of drug-likeness (QED) is 0.671. The minimum absolute atomic E-state index is 0.112. The molecule has 2 aromatic heterocycles. The molecule has 27 heavy (non-hydrogen) atoms. The van der Waals surface area contributed by atoms with Crippen LogP contribution in [0.4, 0.5) is 9.52 Å². The second-order valence-corrected chi connectivity index (χ2v) is 6.78. The zero-order valence-electron chi connectivity index (χ0n) is 14.5. The second kappa shape index (κ2) is 8.65. The number of amides is 1. The van der Waals surface area contributed by atoms with Crippen LogP contribution in [0.3, 0.4) is 0 Å². The van der Waals surface area contributed by atoms with E-state index in [9.17, 15) is 14.0 Å². The number of thiazole rings is 1. The molecule has 0 saturated carbocycles. The largest absolute Gasteiger partial charge is 0.383 e. The van der Waals surface area contributed by atoms with Crippen molar-refractivity contribution < 1.29 is 13.9 Å². The van der Waals surface area contributed by atoms with E-state index in [1.54, 1.807) is 18.3 Å². The number of nitrogens with zero attached hydrogens (tertiary/aromatic N) is 3. The minimum Gasteiger partial charge on any atom is -0.383 e. The number of hydrogen-bond donors (Lipinski definition) is 1. The number of carbonyl (C=O) groups excluding carboxylic acids is 1. The average molecular weight is 388 g/mol. The van der Waals surface area contributed by atoms with Crippen LogP contribution in [0.25, 0.3) is 0 Å². The van der Waals surface area contributed by atoms with Gasteiger partial charge in [-0.1, -0.05) is 12.1 Å². The molecule has 3 rings (SSSR count). The van der Waals surface area contributed by atoms with E-state index in [2.05, 4.69) is 15.4 Å². The summed E-state index contributed by atoms with van der Waals surface area (Å²) in [5, 5.41) is 7.14. The predicted molar refractivity (Wildman–Crippen MR) is 99.6 cm³/mol. The van der Waals surface area contributed by atoms with Crippen molar-refractivity contribution in [2.45, 2.75) is 13.0 Å². The third kappa shape index (κ3) is 5.05. The van der Waals surface area contributed by atoms with Crippen LogP contribution >= 0.6 is 11.3 Å². The average Bonchev–Trinajstić information content (AvgIpc) is 3.09. The number of anilines is 1. The van der Waals surface area contributed by atoms with Gasteiger partial charge in [0.1, 0.15) is 11.5 Å². The minimum atomic E-state index is -0.455. The zero-order valence-corrected chi connectivity index (χ0v) is 15.3. The number of rotatable bonds is 7. The monoisotopic (exact) mass is 388 g/mol. The van der Waals surface area contributed by atoms with Crippen LogP contribution in [0.1, 0.15) is 20.9 Å². The van der Waals surface area contributed by atoms with Gasteiger partial charge in [-0.3, -0.25) is 14.9 Å². The Labute approximate surface area is 158 Å². The predicted octanol–water partition coefficient (Wildman–Crippen LogP) is 2.33. The molecular formula is C18H17FN4O3S. The van der Waals surface area contributed by atoms with Crippen LogP contribution < -0.4 is 10.9 Å². The van der Waals surface area contributed by atoms with E-state index < -0.39 is 5.91 Å². The molecule has 140 valence electrons. The summed E-state index contributed by atoms with van der Waals surface area (Å²) in [7, 11) is 1.52. The molecule has 0 unspecified atom stereocenters. The number of aromatic nitrogens is 3. The van der Waals surface area contributed by atoms with Crippen molar-refractivity contribution in [1.29, 1.82) is 0 Å². The SMILES string of the molecule is COCCn1nc(C(=O)Nc2ncc(Cc3ccc(F)cc3)s2)ccc1=O. The summed E-state index contributed by atoms with van der Waals surface area (Å²) in [5.74, 6) is -0.737. The maximum absolute atomic E-state index is 13.0. The standard InChI is InChI=1S/C18H17FN4O3S/c1-26-9-8-23-16(24)7-6-15(22-23)17(25)21-18-20-11-14(27-18)10-12-2-4-13(19)5-3-12/h2-7,11H,8-10H2,1H3,(H,20,21,25). The van der Waals surface area contributed by atoms with Crippen molar-refractivity contribution in [3.05, 3.63) is 74.9 Å². The molecule has 1 N–H and O–H groups in total. The first-order chi connectivity index (χ1) is 13.0. The van der Waals surface area contributed by atoms with E-state index in [4.69, 9.17) is 4.74 Å². The molecule has 0 atom stereocenters. The van der Waals surface area contributed by atoms with Gasteiger partial charge in [-0.05, 0) is 23.8 Å². The van der Waals surface area contributed by atoms with Gasteiger partial charge in [-0.15, -0.1) is 11.3 Å². The Bertz CT molecular complexity index is 985. The van der Waals surface area contributed by atoms with E-state index in [1.165, 1.54) is 47.4 Å². The van der Waals surface area contributed by atoms with Gasteiger partial charge in [0.2, 0.25) is 0 Å². The zero-order chi connectivity index (χ0) is 19.2. The summed E-state index contributed by atoms with van der Waals surface area (Å²) in [6.07, 6.45) is 2.25. The second-order valence-electron chi connectivity index (χ2n) is 5.66. The third-order valence-electron chi connectivity index (χ3n) is 3.67. The molecule has 0 aliphatic carbocycles. The lowest BCUT2D eigenvalue weighted by molar-refractivity contribution is 0.101. The number of benzene rings is 1. The molecule has 7 nitrogen and oxygen atoms in total. The van der Waals surface area contributed by atoms with Crippen LogP contribution in [-0.4, -0.2) is 34.4 Å². The fourth-order valence-electron chi connectivity index (χ4n) is 2.32. The first-order valence-corrected chi connectivity index (χ1v) is 8.94. The Balaban J connectivity index is 1.67. The van der Waals surface area contributed by atoms with E-state index in [1.807, 2.05) is 0 Å². The molecule has 0 bridgehead atoms. The van der Waals surface area contributed by atoms with Gasteiger partial charge in [0.25, 0.3) is 11.5 Å². The highest BCUT2D eigenvalue weighted by molar-refractivity contribution is 7.15. The number of nitrogens with one attached hydrogen (secondary N) is 1. The van der Waals surface area contributed by atoms with E-state index >= 15 is 0 Å². The van der Waals surface area contributed by atoms with Gasteiger partial charge >= 0.3 is 0 Å². The molecule has 1 aromatic carbocycles. The summed E-state index contributed by atoms with van der Waals surface area (Å²) < 4.78 is 19.1. The third-order valence-corrected chi connectivity index (χ3v) is 4.58. The molecule has 0 radical (unpaired) electrons. The summed E-state index contributed by atoms with van der Waals surface area (Å²) in [6.45, 7) is 0.576. The van der Waals surface area contributed by atoms with Gasteiger partial charge in [0, 0.05) is 30.7 Å². The van der Waals surface area contributed by atoms with Gasteiger partial charge in [-0.2, -0.15) is 5.10 Å². The molecule has 0 fully saturated rings. The summed E-state index contributed by atoms with van der Waals surface area (Å²) >= 11 is 1.32. The van der Waals surface area contributed by atoms with E-state index in [-0.39, 0.29) is 23.6 Å². The molecule has 0 saturated heterocycles. The fourth-order valence-corrected chi connectivity index (χ4v) is 3.16. The smallest absolute Gasteiger partial charge is 0.277 e. The van der Waals surface area contributed by atoms with Crippen molar-refractivity contribution >= 4 is 22.4 Å². The molecular weight excluding hydrogens is 371 g/mol. The number of carbonyl (C=O) groups is 1. The lowest BCUT2D eigenvalue weighted by Crippen LogP contribution is -2.27. The maximum atomic E-state index is 13.0. The molecule has 2 heterocycles. The van der Waals surface area contributed by atoms with Crippen molar-refractivity contribution in [1.82, 2.24) is 14.8 Å². The molecule has 1 amide bonds. The van der Waals surface area contributed by atoms with Crippen LogP contribution in [0, 0.1) is 5.82 Å². The number of hydrogen-bond acceptors (Lipinski definition) is 6. The van der Waals surface area contributed by atoms with Gasteiger partial charge < -0.3 is 4.74 Å². The Morgan fingerprint density at radius 2 is 2.04 bits per heavy atom. The molecule has 0 aliphatic rings. The number of methoxy groups -OCH3 is 1. The fraction of sp³-hybridized carbons (Fsp3) is 0.222. The first-order valence-electron chi connectivity index (χ1n) is 8.13. The Morgan fingerprint density at radius 1 is 1.26 bits per heavy atom. The van der Waals surface area contributed by atoms with E-state index in [0.717, 1.165) is 10.4 Å². The van der Waals surface area contributed by atoms with Crippen molar-refractivity contribution in [2.24, 2.45) is 0 Å². The Morgan fingerprint density at radius 3 is 2.78 bits per heavy atom. The summed E-state index contributed by atoms with van der Waals surface area (Å²) in [6, 6.07) is 8.89. The Hall–Kier alpha value is -2.91.